The lowest BCUT2D eigenvalue weighted by Crippen LogP contribution is -2.42. The molecule has 1 aliphatic rings. The maximum Gasteiger partial charge on any atom is 0.115 e. The Bertz CT molecular complexity index is 313. The summed E-state index contributed by atoms with van der Waals surface area (Å²) in [5, 5.41) is 0. The van der Waals surface area contributed by atoms with Crippen LogP contribution in [0.3, 0.4) is 0 Å². The number of hydrogen-bond donors (Lipinski definition) is 1. The fourth-order valence-electron chi connectivity index (χ4n) is 2.05. The van der Waals surface area contributed by atoms with Crippen molar-refractivity contribution in [3.63, 3.8) is 0 Å². The van der Waals surface area contributed by atoms with Gasteiger partial charge in [0.05, 0.1) is 5.69 Å². The van der Waals surface area contributed by atoms with Crippen molar-refractivity contribution in [1.29, 1.82) is 0 Å². The van der Waals surface area contributed by atoms with Crippen molar-refractivity contribution in [3.8, 4) is 0 Å². The first-order valence-electron chi connectivity index (χ1n) is 5.32. The van der Waals surface area contributed by atoms with Gasteiger partial charge in [0.25, 0.3) is 0 Å². The van der Waals surface area contributed by atoms with E-state index in [1.165, 1.54) is 19.3 Å². The quantitative estimate of drug-likeness (QED) is 0.786. The van der Waals surface area contributed by atoms with Crippen LogP contribution < -0.4 is 5.73 Å². The zero-order valence-electron chi connectivity index (χ0n) is 8.66. The molecule has 0 radical (unpaired) electrons. The van der Waals surface area contributed by atoms with Crippen molar-refractivity contribution in [2.45, 2.75) is 38.0 Å². The van der Waals surface area contributed by atoms with Crippen molar-refractivity contribution < 1.29 is 0 Å². The zero-order valence-corrected chi connectivity index (χ0v) is 8.66. The highest BCUT2D eigenvalue weighted by molar-refractivity contribution is 5.22. The van der Waals surface area contributed by atoms with Gasteiger partial charge in [-0.2, -0.15) is 0 Å². The minimum Gasteiger partial charge on any atom is -0.330 e. The SMILES string of the molecule is CCc1cc(C2(CN)CCC2)ncn1. The highest BCUT2D eigenvalue weighted by Crippen LogP contribution is 2.41. The molecular formula is C11H17N3. The normalized spacial score (nSPS) is 19.0. The van der Waals surface area contributed by atoms with Crippen LogP contribution in [0.4, 0.5) is 0 Å². The van der Waals surface area contributed by atoms with Crippen molar-refractivity contribution in [2.75, 3.05) is 6.54 Å². The van der Waals surface area contributed by atoms with Crippen LogP contribution in [0.25, 0.3) is 0 Å². The predicted molar refractivity (Wildman–Crippen MR) is 56.0 cm³/mol. The zero-order chi connectivity index (χ0) is 10.0. The number of hydrogen-bond acceptors (Lipinski definition) is 3. The number of nitrogens with zero attached hydrogens (tertiary/aromatic N) is 2. The van der Waals surface area contributed by atoms with Crippen molar-refractivity contribution >= 4 is 0 Å². The first-order valence-corrected chi connectivity index (χ1v) is 5.32. The summed E-state index contributed by atoms with van der Waals surface area (Å²) in [6.45, 7) is 2.83. The molecule has 2 rings (SSSR count). The standard InChI is InChI=1S/C11H17N3/c1-2-9-6-10(14-8-13-9)11(7-12)4-3-5-11/h6,8H,2-5,7,12H2,1H3. The minimum atomic E-state index is 0.173. The van der Waals surface area contributed by atoms with E-state index in [1.54, 1.807) is 6.33 Å². The van der Waals surface area contributed by atoms with Crippen LogP contribution in [0.2, 0.25) is 0 Å². The van der Waals surface area contributed by atoms with Crippen LogP contribution >= 0.6 is 0 Å². The van der Waals surface area contributed by atoms with Gasteiger partial charge in [0, 0.05) is 17.7 Å². The fraction of sp³-hybridized carbons (Fsp3) is 0.636. The molecule has 1 saturated carbocycles. The van der Waals surface area contributed by atoms with Gasteiger partial charge in [-0.25, -0.2) is 9.97 Å². The Morgan fingerprint density at radius 1 is 1.43 bits per heavy atom. The summed E-state index contributed by atoms with van der Waals surface area (Å²) in [5.41, 5.74) is 8.28. The number of aryl methyl sites for hydroxylation is 1. The molecule has 76 valence electrons. The summed E-state index contributed by atoms with van der Waals surface area (Å²) >= 11 is 0. The molecule has 0 aliphatic heterocycles. The van der Waals surface area contributed by atoms with Crippen LogP contribution in [-0.2, 0) is 11.8 Å². The Kier molecular flexibility index (Phi) is 2.50. The molecule has 0 unspecified atom stereocenters. The Hall–Kier alpha value is -0.960. The molecule has 0 aromatic carbocycles. The number of rotatable bonds is 3. The summed E-state index contributed by atoms with van der Waals surface area (Å²) in [5.74, 6) is 0. The van der Waals surface area contributed by atoms with Crippen LogP contribution in [-0.4, -0.2) is 16.5 Å². The summed E-state index contributed by atoms with van der Waals surface area (Å²) in [6, 6.07) is 2.12. The van der Waals surface area contributed by atoms with E-state index in [0.717, 1.165) is 17.8 Å². The van der Waals surface area contributed by atoms with E-state index < -0.39 is 0 Å². The van der Waals surface area contributed by atoms with Gasteiger partial charge in [-0.3, -0.25) is 0 Å². The molecule has 1 aromatic heterocycles. The van der Waals surface area contributed by atoms with Gasteiger partial charge in [-0.15, -0.1) is 0 Å². The summed E-state index contributed by atoms with van der Waals surface area (Å²) < 4.78 is 0. The highest BCUT2D eigenvalue weighted by atomic mass is 14.9. The molecule has 0 spiro atoms. The molecule has 0 bridgehead atoms. The first kappa shape index (κ1) is 9.59. The second-order valence-electron chi connectivity index (χ2n) is 4.09. The van der Waals surface area contributed by atoms with Gasteiger partial charge < -0.3 is 5.73 Å². The second-order valence-corrected chi connectivity index (χ2v) is 4.09. The lowest BCUT2D eigenvalue weighted by molar-refractivity contribution is 0.245. The molecule has 0 saturated heterocycles. The maximum atomic E-state index is 5.83. The van der Waals surface area contributed by atoms with Gasteiger partial charge in [-0.05, 0) is 25.3 Å². The molecule has 0 atom stereocenters. The van der Waals surface area contributed by atoms with E-state index in [2.05, 4.69) is 23.0 Å². The highest BCUT2D eigenvalue weighted by Gasteiger charge is 2.38. The summed E-state index contributed by atoms with van der Waals surface area (Å²) in [7, 11) is 0. The van der Waals surface area contributed by atoms with E-state index in [4.69, 9.17) is 5.73 Å². The Labute approximate surface area is 84.8 Å². The molecule has 1 heterocycles. The minimum absolute atomic E-state index is 0.173. The maximum absolute atomic E-state index is 5.83. The molecule has 1 aliphatic carbocycles. The van der Waals surface area contributed by atoms with E-state index in [1.807, 2.05) is 0 Å². The van der Waals surface area contributed by atoms with Crippen molar-refractivity contribution in [1.82, 2.24) is 9.97 Å². The third-order valence-electron chi connectivity index (χ3n) is 3.33. The first-order chi connectivity index (χ1) is 6.80. The molecule has 1 fully saturated rings. The van der Waals surface area contributed by atoms with Crippen LogP contribution in [0.15, 0.2) is 12.4 Å². The monoisotopic (exact) mass is 191 g/mol. The third kappa shape index (κ3) is 1.42. The van der Waals surface area contributed by atoms with Crippen molar-refractivity contribution in [2.24, 2.45) is 5.73 Å². The van der Waals surface area contributed by atoms with Crippen LogP contribution in [0, 0.1) is 0 Å². The Morgan fingerprint density at radius 3 is 2.71 bits per heavy atom. The molecule has 3 nitrogen and oxygen atoms in total. The summed E-state index contributed by atoms with van der Waals surface area (Å²) in [4.78, 5) is 8.57. The average Bonchev–Trinajstić information content (AvgIpc) is 2.18. The van der Waals surface area contributed by atoms with E-state index >= 15 is 0 Å². The molecular weight excluding hydrogens is 174 g/mol. The van der Waals surface area contributed by atoms with Crippen molar-refractivity contribution in [3.05, 3.63) is 23.8 Å². The molecule has 3 heteroatoms. The summed E-state index contributed by atoms with van der Waals surface area (Å²) in [6.07, 6.45) is 6.29. The number of nitrogens with two attached hydrogens (primary N) is 1. The smallest absolute Gasteiger partial charge is 0.115 e. The molecule has 2 N–H and O–H groups in total. The predicted octanol–water partition coefficient (Wildman–Crippen LogP) is 1.42. The van der Waals surface area contributed by atoms with E-state index in [0.29, 0.717) is 6.54 Å². The lowest BCUT2D eigenvalue weighted by Gasteiger charge is -2.40. The van der Waals surface area contributed by atoms with Gasteiger partial charge in [0.15, 0.2) is 0 Å². The molecule has 14 heavy (non-hydrogen) atoms. The van der Waals surface area contributed by atoms with E-state index in [-0.39, 0.29) is 5.41 Å². The second kappa shape index (κ2) is 3.65. The molecule has 1 aromatic rings. The van der Waals surface area contributed by atoms with Gasteiger partial charge in [-0.1, -0.05) is 13.3 Å². The van der Waals surface area contributed by atoms with Gasteiger partial charge >= 0.3 is 0 Å². The lowest BCUT2D eigenvalue weighted by atomic mass is 9.66. The van der Waals surface area contributed by atoms with Gasteiger partial charge in [0.1, 0.15) is 6.33 Å². The van der Waals surface area contributed by atoms with Crippen LogP contribution in [0.5, 0.6) is 0 Å². The third-order valence-corrected chi connectivity index (χ3v) is 3.33. The Morgan fingerprint density at radius 2 is 2.21 bits per heavy atom. The molecule has 0 amide bonds. The average molecular weight is 191 g/mol. The van der Waals surface area contributed by atoms with E-state index in [9.17, 15) is 0 Å². The fourth-order valence-corrected chi connectivity index (χ4v) is 2.05. The van der Waals surface area contributed by atoms with Gasteiger partial charge in [0.2, 0.25) is 0 Å². The Balaban J connectivity index is 2.30. The number of aromatic nitrogens is 2. The largest absolute Gasteiger partial charge is 0.330 e. The van der Waals surface area contributed by atoms with Crippen LogP contribution in [0.1, 0.15) is 37.6 Å². The topological polar surface area (TPSA) is 51.8 Å².